The molecule has 2 aromatic carbocycles. The smallest absolute Gasteiger partial charge is 0.349 e. The molecule has 28 heavy (non-hydrogen) atoms. The lowest BCUT2D eigenvalue weighted by molar-refractivity contribution is 0.0742. The molecule has 0 saturated carbocycles. The molecular formula is C22H21ClN2O3. The fraction of sp³-hybridized carbons (Fsp3) is 0.273. The maximum absolute atomic E-state index is 12.9. The first kappa shape index (κ1) is 18.6. The van der Waals surface area contributed by atoms with Crippen molar-refractivity contribution in [2.45, 2.75) is 13.8 Å². The Kier molecular flexibility index (Phi) is 4.85. The van der Waals surface area contributed by atoms with Gasteiger partial charge in [0.15, 0.2) is 0 Å². The topological polar surface area (TPSA) is 53.8 Å². The summed E-state index contributed by atoms with van der Waals surface area (Å²) in [7, 11) is 0. The normalized spacial score (nSPS) is 14.5. The minimum atomic E-state index is -0.588. The lowest BCUT2D eigenvalue weighted by atomic mass is 10.1. The Bertz CT molecular complexity index is 1110. The summed E-state index contributed by atoms with van der Waals surface area (Å²) in [6.45, 7) is 6.45. The number of hydrogen-bond donors (Lipinski definition) is 0. The summed E-state index contributed by atoms with van der Waals surface area (Å²) in [4.78, 5) is 29.2. The first-order valence-electron chi connectivity index (χ1n) is 9.27. The average Bonchev–Trinajstić information content (AvgIpc) is 2.69. The summed E-state index contributed by atoms with van der Waals surface area (Å²) < 4.78 is 5.35. The Morgan fingerprint density at radius 3 is 2.50 bits per heavy atom. The first-order valence-corrected chi connectivity index (χ1v) is 9.65. The number of aryl methyl sites for hydroxylation is 2. The van der Waals surface area contributed by atoms with Crippen LogP contribution in [0.5, 0.6) is 0 Å². The van der Waals surface area contributed by atoms with Crippen LogP contribution in [0.4, 0.5) is 5.69 Å². The van der Waals surface area contributed by atoms with Crippen molar-refractivity contribution in [3.63, 3.8) is 0 Å². The van der Waals surface area contributed by atoms with E-state index in [1.54, 1.807) is 17.0 Å². The zero-order valence-corrected chi connectivity index (χ0v) is 16.6. The molecule has 0 N–H and O–H groups in total. The third-order valence-electron chi connectivity index (χ3n) is 5.20. The van der Waals surface area contributed by atoms with E-state index in [1.165, 1.54) is 0 Å². The van der Waals surface area contributed by atoms with E-state index >= 15 is 0 Å². The summed E-state index contributed by atoms with van der Waals surface area (Å²) >= 11 is 6.14. The van der Waals surface area contributed by atoms with Gasteiger partial charge in [0.1, 0.15) is 11.1 Å². The van der Waals surface area contributed by atoms with Crippen molar-refractivity contribution < 1.29 is 9.21 Å². The van der Waals surface area contributed by atoms with Crippen molar-refractivity contribution >= 4 is 34.2 Å². The third kappa shape index (κ3) is 3.50. The molecule has 0 aliphatic carbocycles. The summed E-state index contributed by atoms with van der Waals surface area (Å²) in [5, 5.41) is 1.46. The van der Waals surface area contributed by atoms with Crippen LogP contribution in [0.2, 0.25) is 5.02 Å². The molecule has 2 heterocycles. The van der Waals surface area contributed by atoms with E-state index in [1.807, 2.05) is 44.2 Å². The molecule has 1 saturated heterocycles. The lowest BCUT2D eigenvalue weighted by Gasteiger charge is -2.36. The molecule has 4 rings (SSSR count). The Balaban J connectivity index is 1.54. The van der Waals surface area contributed by atoms with Crippen LogP contribution < -0.4 is 10.5 Å². The number of rotatable bonds is 2. The number of nitrogens with zero attached hydrogens (tertiary/aromatic N) is 2. The van der Waals surface area contributed by atoms with E-state index in [4.69, 9.17) is 16.0 Å². The maximum Gasteiger partial charge on any atom is 0.349 e. The van der Waals surface area contributed by atoms with Crippen LogP contribution in [0.3, 0.4) is 0 Å². The van der Waals surface area contributed by atoms with Crippen LogP contribution in [0.1, 0.15) is 21.5 Å². The predicted octanol–water partition coefficient (Wildman–Crippen LogP) is 4.03. The second kappa shape index (κ2) is 7.32. The zero-order chi connectivity index (χ0) is 19.8. The van der Waals surface area contributed by atoms with Crippen molar-refractivity contribution in [1.29, 1.82) is 0 Å². The van der Waals surface area contributed by atoms with Crippen molar-refractivity contribution in [1.82, 2.24) is 4.90 Å². The Morgan fingerprint density at radius 2 is 1.75 bits per heavy atom. The number of anilines is 1. The molecule has 6 heteroatoms. The van der Waals surface area contributed by atoms with Gasteiger partial charge in [-0.3, -0.25) is 4.79 Å². The quantitative estimate of drug-likeness (QED) is 0.614. The van der Waals surface area contributed by atoms with Crippen molar-refractivity contribution in [2.75, 3.05) is 31.1 Å². The molecule has 1 amide bonds. The van der Waals surface area contributed by atoms with Crippen molar-refractivity contribution in [3.05, 3.63) is 74.6 Å². The van der Waals surface area contributed by atoms with E-state index < -0.39 is 5.63 Å². The highest BCUT2D eigenvalue weighted by Crippen LogP contribution is 2.25. The zero-order valence-electron chi connectivity index (χ0n) is 15.9. The molecule has 0 bridgehead atoms. The fourth-order valence-electron chi connectivity index (χ4n) is 3.64. The SMILES string of the molecule is Cc1ccc2oc(=O)c(C(=O)N3CCN(c4cc(Cl)ccc4C)CC3)cc2c1. The summed E-state index contributed by atoms with van der Waals surface area (Å²) in [6.07, 6.45) is 0. The van der Waals surface area contributed by atoms with Gasteiger partial charge in [0.05, 0.1) is 0 Å². The van der Waals surface area contributed by atoms with Gasteiger partial charge in [-0.25, -0.2) is 4.79 Å². The Labute approximate surface area is 168 Å². The van der Waals surface area contributed by atoms with Gasteiger partial charge in [0.2, 0.25) is 0 Å². The molecular weight excluding hydrogens is 376 g/mol. The second-order valence-electron chi connectivity index (χ2n) is 7.20. The van der Waals surface area contributed by atoms with Gasteiger partial charge in [-0.05, 0) is 49.7 Å². The monoisotopic (exact) mass is 396 g/mol. The minimum absolute atomic E-state index is 0.0884. The molecule has 144 valence electrons. The number of carbonyl (C=O) groups excluding carboxylic acids is 1. The molecule has 1 aliphatic rings. The van der Waals surface area contributed by atoms with Crippen LogP contribution in [0.15, 0.2) is 51.7 Å². The number of piperazine rings is 1. The predicted molar refractivity (Wildman–Crippen MR) is 112 cm³/mol. The molecule has 0 spiro atoms. The van der Waals surface area contributed by atoms with Gasteiger partial charge in [-0.15, -0.1) is 0 Å². The highest BCUT2D eigenvalue weighted by Gasteiger charge is 2.25. The standard InChI is InChI=1S/C22H21ClN2O3/c1-14-3-6-20-16(11-14)12-18(22(27)28-20)21(26)25-9-7-24(8-10-25)19-13-17(23)5-4-15(19)2/h3-6,11-13H,7-10H2,1-2H3. The molecule has 1 aromatic heterocycles. The van der Waals surface area contributed by atoms with Gasteiger partial charge >= 0.3 is 5.63 Å². The van der Waals surface area contributed by atoms with Crippen molar-refractivity contribution in [2.24, 2.45) is 0 Å². The van der Waals surface area contributed by atoms with Crippen LogP contribution in [-0.2, 0) is 0 Å². The second-order valence-corrected chi connectivity index (χ2v) is 7.64. The highest BCUT2D eigenvalue weighted by molar-refractivity contribution is 6.30. The average molecular weight is 397 g/mol. The van der Waals surface area contributed by atoms with Crippen LogP contribution in [0.25, 0.3) is 11.0 Å². The number of amides is 1. The van der Waals surface area contributed by atoms with Gasteiger partial charge in [0, 0.05) is 42.3 Å². The first-order chi connectivity index (χ1) is 13.4. The van der Waals surface area contributed by atoms with Crippen LogP contribution in [-0.4, -0.2) is 37.0 Å². The lowest BCUT2D eigenvalue weighted by Crippen LogP contribution is -2.49. The van der Waals surface area contributed by atoms with Crippen molar-refractivity contribution in [3.8, 4) is 0 Å². The molecule has 1 aliphatic heterocycles. The molecule has 0 radical (unpaired) electrons. The highest BCUT2D eigenvalue weighted by atomic mass is 35.5. The number of fused-ring (bicyclic) bond motifs is 1. The molecule has 5 nitrogen and oxygen atoms in total. The number of benzene rings is 2. The molecule has 3 aromatic rings. The molecule has 0 atom stereocenters. The van der Waals surface area contributed by atoms with E-state index in [9.17, 15) is 9.59 Å². The van der Waals surface area contributed by atoms with E-state index in [0.29, 0.717) is 36.8 Å². The van der Waals surface area contributed by atoms with E-state index in [0.717, 1.165) is 22.2 Å². The fourth-order valence-corrected chi connectivity index (χ4v) is 3.80. The Morgan fingerprint density at radius 1 is 1.00 bits per heavy atom. The van der Waals surface area contributed by atoms with Crippen LogP contribution >= 0.6 is 11.6 Å². The summed E-state index contributed by atoms with van der Waals surface area (Å²) in [5.41, 5.74) is 3.27. The van der Waals surface area contributed by atoms with E-state index in [2.05, 4.69) is 4.90 Å². The van der Waals surface area contributed by atoms with Crippen LogP contribution in [0, 0.1) is 13.8 Å². The molecule has 0 unspecified atom stereocenters. The summed E-state index contributed by atoms with van der Waals surface area (Å²) in [5.74, 6) is -0.278. The third-order valence-corrected chi connectivity index (χ3v) is 5.43. The largest absolute Gasteiger partial charge is 0.422 e. The van der Waals surface area contributed by atoms with Gasteiger partial charge in [0.25, 0.3) is 5.91 Å². The number of hydrogen-bond acceptors (Lipinski definition) is 4. The maximum atomic E-state index is 12.9. The van der Waals surface area contributed by atoms with E-state index in [-0.39, 0.29) is 11.5 Å². The minimum Gasteiger partial charge on any atom is -0.422 e. The number of halogens is 1. The number of carbonyl (C=O) groups is 1. The van der Waals surface area contributed by atoms with Gasteiger partial charge in [-0.1, -0.05) is 29.3 Å². The summed E-state index contributed by atoms with van der Waals surface area (Å²) in [6, 6.07) is 13.0. The molecule has 1 fully saturated rings. The Hall–Kier alpha value is -2.79. The van der Waals surface area contributed by atoms with Gasteiger partial charge < -0.3 is 14.2 Å². The van der Waals surface area contributed by atoms with Gasteiger partial charge in [-0.2, -0.15) is 0 Å².